The summed E-state index contributed by atoms with van der Waals surface area (Å²) in [5.41, 5.74) is 1.30. The molecule has 26 heavy (non-hydrogen) atoms. The molecule has 1 amide bonds. The second-order valence-corrected chi connectivity index (χ2v) is 7.76. The van der Waals surface area contributed by atoms with Crippen molar-refractivity contribution in [3.05, 3.63) is 46.2 Å². The summed E-state index contributed by atoms with van der Waals surface area (Å²) in [6.45, 7) is 6.09. The molecule has 0 bridgehead atoms. The Labute approximate surface area is 158 Å². The zero-order valence-corrected chi connectivity index (χ0v) is 15.8. The van der Waals surface area contributed by atoms with Crippen molar-refractivity contribution in [1.82, 2.24) is 9.80 Å². The first-order valence-electron chi connectivity index (χ1n) is 9.16. The van der Waals surface area contributed by atoms with Crippen molar-refractivity contribution in [2.24, 2.45) is 0 Å². The normalized spacial score (nSPS) is 18.7. The van der Waals surface area contributed by atoms with E-state index in [1.165, 1.54) is 10.4 Å². The van der Waals surface area contributed by atoms with Gasteiger partial charge < -0.3 is 14.4 Å². The lowest BCUT2D eigenvalue weighted by atomic mass is 10.1. The third-order valence-corrected chi connectivity index (χ3v) is 6.02. The van der Waals surface area contributed by atoms with Crippen molar-refractivity contribution in [3.8, 4) is 11.5 Å². The van der Waals surface area contributed by atoms with Crippen LogP contribution in [0.4, 0.5) is 0 Å². The van der Waals surface area contributed by atoms with Gasteiger partial charge in [-0.05, 0) is 42.1 Å². The third-order valence-electron chi connectivity index (χ3n) is 5.00. The third kappa shape index (κ3) is 3.71. The molecule has 4 rings (SSSR count). The van der Waals surface area contributed by atoms with E-state index in [-0.39, 0.29) is 12.0 Å². The number of hydrogen-bond donors (Lipinski definition) is 0. The summed E-state index contributed by atoms with van der Waals surface area (Å²) < 4.78 is 11.8. The molecule has 1 unspecified atom stereocenters. The number of carbonyl (C=O) groups is 1. The first-order chi connectivity index (χ1) is 12.7. The molecule has 2 aliphatic heterocycles. The Balaban J connectivity index is 1.33. The summed E-state index contributed by atoms with van der Waals surface area (Å²) in [5.74, 6) is 1.77. The summed E-state index contributed by atoms with van der Waals surface area (Å²) in [5, 5.41) is 2.12. The van der Waals surface area contributed by atoms with Crippen LogP contribution >= 0.6 is 11.3 Å². The fraction of sp³-hybridized carbons (Fsp3) is 0.450. The number of benzene rings is 1. The van der Waals surface area contributed by atoms with Crippen molar-refractivity contribution >= 4 is 17.2 Å². The average Bonchev–Trinajstić information content (AvgIpc) is 3.15. The lowest BCUT2D eigenvalue weighted by Crippen LogP contribution is -2.46. The van der Waals surface area contributed by atoms with Crippen LogP contribution in [-0.2, 0) is 17.8 Å². The Morgan fingerprint density at radius 3 is 3.00 bits per heavy atom. The molecule has 0 aliphatic carbocycles. The van der Waals surface area contributed by atoms with Crippen molar-refractivity contribution in [2.45, 2.75) is 26.0 Å². The van der Waals surface area contributed by atoms with Crippen molar-refractivity contribution in [2.75, 3.05) is 32.8 Å². The fourth-order valence-electron chi connectivity index (χ4n) is 3.50. The highest BCUT2D eigenvalue weighted by atomic mass is 32.1. The molecule has 2 aromatic rings. The van der Waals surface area contributed by atoms with E-state index in [0.29, 0.717) is 19.7 Å². The fourth-order valence-corrected chi connectivity index (χ4v) is 4.39. The van der Waals surface area contributed by atoms with Crippen LogP contribution in [0.5, 0.6) is 11.5 Å². The number of rotatable bonds is 5. The van der Waals surface area contributed by atoms with Gasteiger partial charge >= 0.3 is 0 Å². The highest BCUT2D eigenvalue weighted by Crippen LogP contribution is 2.31. The average molecular weight is 372 g/mol. The Hall–Kier alpha value is -2.05. The molecule has 138 valence electrons. The highest BCUT2D eigenvalue weighted by Gasteiger charge is 2.26. The second kappa shape index (κ2) is 7.68. The maximum absolute atomic E-state index is 12.8. The number of hydrogen-bond acceptors (Lipinski definition) is 5. The number of amides is 1. The van der Waals surface area contributed by atoms with Gasteiger partial charge in [-0.1, -0.05) is 19.1 Å². The molecule has 1 aromatic carbocycles. The molecule has 5 nitrogen and oxygen atoms in total. The quantitative estimate of drug-likeness (QED) is 0.809. The Kier molecular flexibility index (Phi) is 5.13. The van der Waals surface area contributed by atoms with Crippen LogP contribution in [0.25, 0.3) is 0 Å². The van der Waals surface area contributed by atoms with E-state index < -0.39 is 0 Å². The first kappa shape index (κ1) is 17.4. The molecule has 0 spiro atoms. The number of likely N-dealkylation sites (N-methyl/N-ethyl adjacent to an activating group) is 1. The number of fused-ring (bicyclic) bond motifs is 2. The van der Waals surface area contributed by atoms with Gasteiger partial charge in [-0.2, -0.15) is 0 Å². The van der Waals surface area contributed by atoms with E-state index >= 15 is 0 Å². The highest BCUT2D eigenvalue weighted by molar-refractivity contribution is 7.10. The number of carbonyl (C=O) groups excluding carboxylic acids is 1. The zero-order valence-electron chi connectivity index (χ0n) is 15.0. The Bertz CT molecular complexity index is 776. The zero-order chi connectivity index (χ0) is 17.9. The van der Waals surface area contributed by atoms with Crippen molar-refractivity contribution in [1.29, 1.82) is 0 Å². The van der Waals surface area contributed by atoms with Gasteiger partial charge in [-0.25, -0.2) is 0 Å². The lowest BCUT2D eigenvalue weighted by molar-refractivity contribution is -0.133. The van der Waals surface area contributed by atoms with Gasteiger partial charge in [0.25, 0.3) is 0 Å². The topological polar surface area (TPSA) is 42.0 Å². The maximum Gasteiger partial charge on any atom is 0.237 e. The van der Waals surface area contributed by atoms with Crippen LogP contribution in [0.3, 0.4) is 0 Å². The standard InChI is InChI=1S/C20H24N2O3S/c1-2-21(12-16-14-24-17-5-3-4-6-18(17)25-16)13-20(23)22-9-7-19-15(11-22)8-10-26-19/h3-6,8,10,16H,2,7,9,11-14H2,1H3. The molecule has 3 heterocycles. The van der Waals surface area contributed by atoms with E-state index in [1.54, 1.807) is 11.3 Å². The minimum absolute atomic E-state index is 0.0533. The second-order valence-electron chi connectivity index (χ2n) is 6.76. The van der Waals surface area contributed by atoms with Gasteiger partial charge in [0.1, 0.15) is 12.7 Å². The maximum atomic E-state index is 12.8. The minimum atomic E-state index is -0.0533. The van der Waals surface area contributed by atoms with Gasteiger partial charge in [0.2, 0.25) is 5.91 Å². The molecule has 6 heteroatoms. The van der Waals surface area contributed by atoms with Crippen LogP contribution in [0, 0.1) is 0 Å². The van der Waals surface area contributed by atoms with Crippen molar-refractivity contribution < 1.29 is 14.3 Å². The van der Waals surface area contributed by atoms with Crippen LogP contribution in [0.15, 0.2) is 35.7 Å². The molecule has 0 N–H and O–H groups in total. The van der Waals surface area contributed by atoms with Crippen LogP contribution < -0.4 is 9.47 Å². The molecule has 0 radical (unpaired) electrons. The van der Waals surface area contributed by atoms with Crippen LogP contribution in [0.1, 0.15) is 17.4 Å². The van der Waals surface area contributed by atoms with E-state index in [4.69, 9.17) is 9.47 Å². The van der Waals surface area contributed by atoms with Gasteiger partial charge in [0, 0.05) is 24.5 Å². The lowest BCUT2D eigenvalue weighted by Gasteiger charge is -2.32. The molecular formula is C20H24N2O3S. The largest absolute Gasteiger partial charge is 0.486 e. The van der Waals surface area contributed by atoms with Crippen LogP contribution in [0.2, 0.25) is 0 Å². The van der Waals surface area contributed by atoms with E-state index in [1.807, 2.05) is 29.2 Å². The molecular weight excluding hydrogens is 348 g/mol. The van der Waals surface area contributed by atoms with Gasteiger partial charge in [0.05, 0.1) is 6.54 Å². The smallest absolute Gasteiger partial charge is 0.237 e. The Morgan fingerprint density at radius 2 is 2.15 bits per heavy atom. The minimum Gasteiger partial charge on any atom is -0.486 e. The van der Waals surface area contributed by atoms with E-state index in [9.17, 15) is 4.79 Å². The first-order valence-corrected chi connectivity index (χ1v) is 10.0. The summed E-state index contributed by atoms with van der Waals surface area (Å²) in [6.07, 6.45) is 0.920. The molecule has 0 saturated carbocycles. The number of nitrogens with zero attached hydrogens (tertiary/aromatic N) is 2. The summed E-state index contributed by atoms with van der Waals surface area (Å²) >= 11 is 1.80. The predicted octanol–water partition coefficient (Wildman–Crippen LogP) is 2.79. The molecule has 1 atom stereocenters. The number of para-hydroxylation sites is 2. The molecule has 0 fully saturated rings. The Morgan fingerprint density at radius 1 is 1.31 bits per heavy atom. The summed E-state index contributed by atoms with van der Waals surface area (Å²) in [7, 11) is 0. The van der Waals surface area contributed by atoms with Gasteiger partial charge in [-0.15, -0.1) is 11.3 Å². The molecule has 1 aromatic heterocycles. The monoisotopic (exact) mass is 372 g/mol. The SMILES string of the molecule is CCN(CC(=O)N1CCc2sccc2C1)CC1COc2ccccc2O1. The van der Waals surface area contributed by atoms with E-state index in [0.717, 1.165) is 37.6 Å². The van der Waals surface area contributed by atoms with Gasteiger partial charge in [0.15, 0.2) is 11.5 Å². The predicted molar refractivity (Wildman–Crippen MR) is 102 cm³/mol. The summed E-state index contributed by atoms with van der Waals surface area (Å²) in [4.78, 5) is 18.3. The van der Waals surface area contributed by atoms with Gasteiger partial charge in [-0.3, -0.25) is 9.69 Å². The molecule has 0 saturated heterocycles. The van der Waals surface area contributed by atoms with E-state index in [2.05, 4.69) is 23.3 Å². The number of ether oxygens (including phenoxy) is 2. The summed E-state index contributed by atoms with van der Waals surface area (Å²) in [6, 6.07) is 9.87. The molecule has 2 aliphatic rings. The van der Waals surface area contributed by atoms with Crippen molar-refractivity contribution in [3.63, 3.8) is 0 Å². The number of thiophene rings is 1. The van der Waals surface area contributed by atoms with Crippen LogP contribution in [-0.4, -0.2) is 54.6 Å².